The van der Waals surface area contributed by atoms with Crippen LogP contribution in [0.1, 0.15) is 37.6 Å². The van der Waals surface area contributed by atoms with Crippen molar-refractivity contribution in [3.05, 3.63) is 45.9 Å². The molecule has 2 aromatic rings. The number of anilines is 1. The maximum absolute atomic E-state index is 12.8. The number of rotatable bonds is 4. The van der Waals surface area contributed by atoms with Crippen molar-refractivity contribution in [2.24, 2.45) is 0 Å². The largest absolute Gasteiger partial charge is 0.490 e. The van der Waals surface area contributed by atoms with Crippen molar-refractivity contribution in [1.29, 1.82) is 0 Å². The molecule has 2 aromatic carbocycles. The Morgan fingerprint density at radius 3 is 2.27 bits per heavy atom. The summed E-state index contributed by atoms with van der Waals surface area (Å²) in [5, 5.41) is 2.96. The topological polar surface area (TPSA) is 93.7 Å². The highest BCUT2D eigenvalue weighted by Crippen LogP contribution is 2.38. The second-order valence-corrected chi connectivity index (χ2v) is 10.2. The number of halogens is 2. The van der Waals surface area contributed by atoms with Gasteiger partial charge in [-0.2, -0.15) is 0 Å². The van der Waals surface area contributed by atoms with Crippen molar-refractivity contribution >= 4 is 44.8 Å². The normalized spacial score (nSPS) is 14.2. The predicted octanol–water partition coefficient (Wildman–Crippen LogP) is 4.48. The van der Waals surface area contributed by atoms with E-state index in [2.05, 4.69) is 10.0 Å². The summed E-state index contributed by atoms with van der Waals surface area (Å²) in [5.41, 5.74) is -0.285. The zero-order valence-electron chi connectivity index (χ0n) is 16.7. The Morgan fingerprint density at radius 2 is 1.63 bits per heavy atom. The lowest BCUT2D eigenvalue weighted by atomic mass is 10.1. The van der Waals surface area contributed by atoms with E-state index in [9.17, 15) is 13.2 Å². The number of benzene rings is 2. The molecule has 1 aliphatic heterocycles. The lowest BCUT2D eigenvalue weighted by Gasteiger charge is -2.21. The van der Waals surface area contributed by atoms with E-state index in [1.807, 2.05) is 0 Å². The van der Waals surface area contributed by atoms with Crippen LogP contribution >= 0.6 is 23.2 Å². The van der Waals surface area contributed by atoms with Crippen LogP contribution in [0.2, 0.25) is 10.0 Å². The summed E-state index contributed by atoms with van der Waals surface area (Å²) in [6.45, 7) is 6.13. The summed E-state index contributed by atoms with van der Waals surface area (Å²) in [6.07, 6.45) is 0.735. The third kappa shape index (κ3) is 5.37. The number of carbonyl (C=O) groups is 1. The van der Waals surface area contributed by atoms with Crippen LogP contribution < -0.4 is 19.5 Å². The number of nitrogens with one attached hydrogen (secondary N) is 2. The summed E-state index contributed by atoms with van der Waals surface area (Å²) in [7, 11) is -3.93. The van der Waals surface area contributed by atoms with Gasteiger partial charge in [-0.1, -0.05) is 23.2 Å². The molecule has 162 valence electrons. The van der Waals surface area contributed by atoms with Crippen LogP contribution in [0, 0.1) is 0 Å². The van der Waals surface area contributed by atoms with Crippen LogP contribution in [-0.2, 0) is 10.0 Å². The van der Waals surface area contributed by atoms with E-state index in [-0.39, 0.29) is 20.5 Å². The van der Waals surface area contributed by atoms with Gasteiger partial charge < -0.3 is 14.8 Å². The van der Waals surface area contributed by atoms with Crippen molar-refractivity contribution in [2.45, 2.75) is 37.6 Å². The van der Waals surface area contributed by atoms with E-state index in [0.717, 1.165) is 6.42 Å². The third-order valence-electron chi connectivity index (χ3n) is 4.01. The van der Waals surface area contributed by atoms with Crippen LogP contribution in [-0.4, -0.2) is 33.1 Å². The Labute approximate surface area is 185 Å². The van der Waals surface area contributed by atoms with E-state index < -0.39 is 21.5 Å². The summed E-state index contributed by atoms with van der Waals surface area (Å²) in [4.78, 5) is 12.6. The quantitative estimate of drug-likeness (QED) is 0.683. The molecular formula is C20H22Cl2N2O5S. The number of sulfonamides is 1. The Bertz CT molecular complexity index is 1080. The Kier molecular flexibility index (Phi) is 6.52. The summed E-state index contributed by atoms with van der Waals surface area (Å²) >= 11 is 12.4. The minimum Gasteiger partial charge on any atom is -0.490 e. The first-order chi connectivity index (χ1) is 14.0. The van der Waals surface area contributed by atoms with Crippen LogP contribution in [0.25, 0.3) is 0 Å². The van der Waals surface area contributed by atoms with Crippen LogP contribution in [0.4, 0.5) is 5.69 Å². The molecule has 2 N–H and O–H groups in total. The fourth-order valence-corrected chi connectivity index (χ4v) is 4.93. The summed E-state index contributed by atoms with van der Waals surface area (Å²) in [6, 6.07) is 7.18. The zero-order chi connectivity index (χ0) is 22.1. The molecule has 0 saturated carbocycles. The number of ether oxygens (including phenoxy) is 2. The molecule has 10 heteroatoms. The third-order valence-corrected chi connectivity index (χ3v) is 6.56. The van der Waals surface area contributed by atoms with Crippen molar-refractivity contribution in [1.82, 2.24) is 4.72 Å². The van der Waals surface area contributed by atoms with Crippen LogP contribution in [0.5, 0.6) is 11.5 Å². The van der Waals surface area contributed by atoms with Gasteiger partial charge >= 0.3 is 0 Å². The standard InChI is InChI=1S/C20H22Cl2N2O5S/c1-20(2,3)24-30(26,27)18-9-12(5-6-13(18)21)19(25)23-15-11-17-16(10-14(15)22)28-7-4-8-29-17/h5-6,9-11,24H,4,7-8H2,1-3H3,(H,23,25). The van der Waals surface area contributed by atoms with Gasteiger partial charge in [-0.25, -0.2) is 13.1 Å². The van der Waals surface area contributed by atoms with E-state index in [1.54, 1.807) is 32.9 Å². The van der Waals surface area contributed by atoms with Gasteiger partial charge in [0.25, 0.3) is 5.91 Å². The number of fused-ring (bicyclic) bond motifs is 1. The summed E-state index contributed by atoms with van der Waals surface area (Å²) in [5.74, 6) is 0.430. The van der Waals surface area contributed by atoms with Gasteiger partial charge in [-0.15, -0.1) is 0 Å². The van der Waals surface area contributed by atoms with Gasteiger partial charge in [0.15, 0.2) is 11.5 Å². The highest BCUT2D eigenvalue weighted by molar-refractivity contribution is 7.89. The molecule has 30 heavy (non-hydrogen) atoms. The summed E-state index contributed by atoms with van der Waals surface area (Å²) < 4.78 is 39.0. The number of hydrogen-bond acceptors (Lipinski definition) is 5. The molecule has 0 aromatic heterocycles. The molecule has 1 amide bonds. The fourth-order valence-electron chi connectivity index (χ4n) is 2.78. The minimum absolute atomic E-state index is 0.0110. The Hall–Kier alpha value is -2.00. The lowest BCUT2D eigenvalue weighted by Crippen LogP contribution is -2.40. The van der Waals surface area contributed by atoms with Gasteiger partial charge in [0, 0.05) is 29.7 Å². The zero-order valence-corrected chi connectivity index (χ0v) is 19.0. The second-order valence-electron chi connectivity index (χ2n) is 7.78. The van der Waals surface area contributed by atoms with E-state index >= 15 is 0 Å². The predicted molar refractivity (Wildman–Crippen MR) is 117 cm³/mol. The average Bonchev–Trinajstić information content (AvgIpc) is 2.85. The molecule has 3 rings (SSSR count). The monoisotopic (exact) mass is 472 g/mol. The first kappa shape index (κ1) is 22.7. The van der Waals surface area contributed by atoms with E-state index in [0.29, 0.717) is 30.4 Å². The van der Waals surface area contributed by atoms with Gasteiger partial charge in [0.2, 0.25) is 10.0 Å². The first-order valence-corrected chi connectivity index (χ1v) is 11.4. The number of carbonyl (C=O) groups excluding carboxylic acids is 1. The SMILES string of the molecule is CC(C)(C)NS(=O)(=O)c1cc(C(=O)Nc2cc3c(cc2Cl)OCCCO3)ccc1Cl. The van der Waals surface area contributed by atoms with Crippen molar-refractivity contribution < 1.29 is 22.7 Å². The molecule has 0 spiro atoms. The molecule has 0 radical (unpaired) electrons. The van der Waals surface area contributed by atoms with Crippen molar-refractivity contribution in [2.75, 3.05) is 18.5 Å². The van der Waals surface area contributed by atoms with Crippen molar-refractivity contribution in [3.63, 3.8) is 0 Å². The molecule has 0 unspecified atom stereocenters. The van der Waals surface area contributed by atoms with Crippen LogP contribution in [0.15, 0.2) is 35.2 Å². The highest BCUT2D eigenvalue weighted by Gasteiger charge is 2.25. The van der Waals surface area contributed by atoms with Gasteiger partial charge in [-0.05, 0) is 39.0 Å². The van der Waals surface area contributed by atoms with E-state index in [1.165, 1.54) is 18.2 Å². The van der Waals surface area contributed by atoms with Gasteiger partial charge in [0.05, 0.1) is 28.9 Å². The molecule has 0 fully saturated rings. The highest BCUT2D eigenvalue weighted by atomic mass is 35.5. The fraction of sp³-hybridized carbons (Fsp3) is 0.350. The molecule has 0 aliphatic carbocycles. The van der Waals surface area contributed by atoms with Gasteiger partial charge in [-0.3, -0.25) is 4.79 Å². The number of amides is 1. The Morgan fingerprint density at radius 1 is 1.00 bits per heavy atom. The smallest absolute Gasteiger partial charge is 0.255 e. The minimum atomic E-state index is -3.93. The van der Waals surface area contributed by atoms with E-state index in [4.69, 9.17) is 32.7 Å². The second kappa shape index (κ2) is 8.63. The van der Waals surface area contributed by atoms with Crippen molar-refractivity contribution in [3.8, 4) is 11.5 Å². The Balaban J connectivity index is 1.89. The molecule has 0 atom stereocenters. The number of hydrogen-bond donors (Lipinski definition) is 2. The molecule has 1 aliphatic rings. The first-order valence-electron chi connectivity index (χ1n) is 9.20. The average molecular weight is 473 g/mol. The molecule has 1 heterocycles. The molecule has 7 nitrogen and oxygen atoms in total. The maximum Gasteiger partial charge on any atom is 0.255 e. The molecule has 0 saturated heterocycles. The molecule has 0 bridgehead atoms. The lowest BCUT2D eigenvalue weighted by molar-refractivity contribution is 0.102. The maximum atomic E-state index is 12.8. The van der Waals surface area contributed by atoms with Gasteiger partial charge in [0.1, 0.15) is 4.90 Å². The molecular weight excluding hydrogens is 451 g/mol. The van der Waals surface area contributed by atoms with Crippen LogP contribution in [0.3, 0.4) is 0 Å².